The van der Waals surface area contributed by atoms with Gasteiger partial charge in [-0.1, -0.05) is 12.1 Å². The largest absolute Gasteiger partial charge is 0.340 e. The van der Waals surface area contributed by atoms with Crippen molar-refractivity contribution in [1.82, 2.24) is 15.1 Å². The quantitative estimate of drug-likeness (QED) is 0.775. The number of carbonyl (C=O) groups excluding carboxylic acids is 3. The van der Waals surface area contributed by atoms with Crippen LogP contribution in [-0.2, 0) is 16.6 Å². The summed E-state index contributed by atoms with van der Waals surface area (Å²) in [5, 5.41) is 12.0. The minimum atomic E-state index is -0.943. The highest BCUT2D eigenvalue weighted by Crippen LogP contribution is 2.19. The summed E-state index contributed by atoms with van der Waals surface area (Å²) < 4.78 is 1.63. The molecule has 0 aliphatic carbocycles. The number of carbonyl (C=O) groups is 3. The van der Waals surface area contributed by atoms with Crippen molar-refractivity contribution in [3.05, 3.63) is 41.7 Å². The lowest BCUT2D eigenvalue weighted by molar-refractivity contribution is -0.122. The second-order valence-electron chi connectivity index (χ2n) is 5.58. The van der Waals surface area contributed by atoms with Gasteiger partial charge in [-0.25, -0.2) is 0 Å². The molecule has 2 heterocycles. The van der Waals surface area contributed by atoms with Crippen molar-refractivity contribution in [3.63, 3.8) is 0 Å². The molecular weight excluding hydrogens is 310 g/mol. The molecule has 3 N–H and O–H groups in total. The van der Waals surface area contributed by atoms with Crippen LogP contribution in [-0.4, -0.2) is 33.5 Å². The lowest BCUT2D eigenvalue weighted by atomic mass is 10.1. The van der Waals surface area contributed by atoms with Gasteiger partial charge in [0, 0.05) is 7.05 Å². The fraction of sp³-hybridized carbons (Fsp3) is 0.250. The molecule has 1 aliphatic heterocycles. The second-order valence-corrected chi connectivity index (χ2v) is 5.58. The summed E-state index contributed by atoms with van der Waals surface area (Å²) in [7, 11) is 1.77. The molecular formula is C16H17N5O3. The number of amides is 3. The molecule has 3 rings (SSSR count). The van der Waals surface area contributed by atoms with Crippen LogP contribution in [0.5, 0.6) is 0 Å². The van der Waals surface area contributed by atoms with E-state index in [1.54, 1.807) is 36.0 Å². The molecule has 3 amide bonds. The molecule has 8 heteroatoms. The zero-order valence-electron chi connectivity index (χ0n) is 13.3. The molecule has 124 valence electrons. The van der Waals surface area contributed by atoms with Crippen LogP contribution < -0.4 is 16.0 Å². The summed E-state index contributed by atoms with van der Waals surface area (Å²) >= 11 is 0. The molecule has 0 fully saturated rings. The van der Waals surface area contributed by atoms with E-state index in [-0.39, 0.29) is 18.2 Å². The molecule has 1 aliphatic rings. The van der Waals surface area contributed by atoms with Crippen LogP contribution in [0.2, 0.25) is 0 Å². The van der Waals surface area contributed by atoms with E-state index in [9.17, 15) is 14.4 Å². The molecule has 1 aromatic carbocycles. The van der Waals surface area contributed by atoms with Gasteiger partial charge in [0.1, 0.15) is 6.04 Å². The summed E-state index contributed by atoms with van der Waals surface area (Å²) in [6.45, 7) is 1.82. The minimum absolute atomic E-state index is 0.167. The number of nitrogens with zero attached hydrogens (tertiary/aromatic N) is 2. The van der Waals surface area contributed by atoms with Crippen LogP contribution >= 0.6 is 0 Å². The average Bonchev–Trinajstić information content (AvgIpc) is 2.80. The summed E-state index contributed by atoms with van der Waals surface area (Å²) in [6.07, 6.45) is 1.37. The highest BCUT2D eigenvalue weighted by molar-refractivity contribution is 6.11. The van der Waals surface area contributed by atoms with Gasteiger partial charge in [0.2, 0.25) is 11.8 Å². The van der Waals surface area contributed by atoms with E-state index in [4.69, 9.17) is 0 Å². The molecule has 0 radical (unpaired) electrons. The van der Waals surface area contributed by atoms with E-state index in [1.165, 1.54) is 6.20 Å². The Kier molecular flexibility index (Phi) is 4.03. The SMILES string of the molecule is Cc1c(NC(=O)C[C@@H]2NC(=O)c3ccccc3NC2=O)cnn1C. The Balaban J connectivity index is 1.71. The molecule has 1 aromatic heterocycles. The predicted octanol–water partition coefficient (Wildman–Crippen LogP) is 0.808. The average molecular weight is 327 g/mol. The lowest BCUT2D eigenvalue weighted by Gasteiger charge is -2.14. The smallest absolute Gasteiger partial charge is 0.254 e. The maximum absolute atomic E-state index is 12.3. The first kappa shape index (κ1) is 15.7. The topological polar surface area (TPSA) is 105 Å². The van der Waals surface area contributed by atoms with Crippen molar-refractivity contribution in [3.8, 4) is 0 Å². The first-order valence-corrected chi connectivity index (χ1v) is 7.45. The van der Waals surface area contributed by atoms with Crippen LogP contribution in [0, 0.1) is 6.92 Å². The fourth-order valence-corrected chi connectivity index (χ4v) is 2.46. The molecule has 24 heavy (non-hydrogen) atoms. The fourth-order valence-electron chi connectivity index (χ4n) is 2.46. The number of aromatic nitrogens is 2. The molecule has 0 unspecified atom stereocenters. The number of para-hydroxylation sites is 1. The van der Waals surface area contributed by atoms with Crippen molar-refractivity contribution in [1.29, 1.82) is 0 Å². The number of rotatable bonds is 3. The Labute approximate surface area is 138 Å². The van der Waals surface area contributed by atoms with Gasteiger partial charge in [-0.05, 0) is 19.1 Å². The minimum Gasteiger partial charge on any atom is -0.340 e. The van der Waals surface area contributed by atoms with Crippen molar-refractivity contribution >= 4 is 29.1 Å². The number of fused-ring (bicyclic) bond motifs is 1. The van der Waals surface area contributed by atoms with Gasteiger partial charge in [-0.2, -0.15) is 5.10 Å². The van der Waals surface area contributed by atoms with Crippen molar-refractivity contribution in [2.24, 2.45) is 7.05 Å². The summed E-state index contributed by atoms with van der Waals surface area (Å²) in [4.78, 5) is 36.7. The lowest BCUT2D eigenvalue weighted by Crippen LogP contribution is -2.43. The number of benzene rings is 1. The Morgan fingerprint density at radius 1 is 1.33 bits per heavy atom. The molecule has 1 atom stereocenters. The van der Waals surface area contributed by atoms with Crippen molar-refractivity contribution in [2.45, 2.75) is 19.4 Å². The maximum Gasteiger partial charge on any atom is 0.254 e. The Bertz CT molecular complexity index is 827. The van der Waals surface area contributed by atoms with Crippen molar-refractivity contribution in [2.75, 3.05) is 10.6 Å². The van der Waals surface area contributed by atoms with E-state index < -0.39 is 11.9 Å². The molecule has 0 bridgehead atoms. The zero-order valence-corrected chi connectivity index (χ0v) is 13.3. The standard InChI is InChI=1S/C16H17N5O3/c1-9-13(8-17-21(9)2)18-14(22)7-12-16(24)19-11-6-4-3-5-10(11)15(23)20-12/h3-6,8,12H,7H2,1-2H3,(H,18,22)(H,19,24)(H,20,23)/t12-/m0/s1. The van der Waals surface area contributed by atoms with Gasteiger partial charge in [0.15, 0.2) is 0 Å². The first-order valence-electron chi connectivity index (χ1n) is 7.45. The van der Waals surface area contributed by atoms with E-state index in [1.807, 2.05) is 6.92 Å². The number of nitrogens with one attached hydrogen (secondary N) is 3. The van der Waals surface area contributed by atoms with Crippen LogP contribution in [0.3, 0.4) is 0 Å². The summed E-state index contributed by atoms with van der Waals surface area (Å²) in [6, 6.07) is 5.76. The number of hydrogen-bond donors (Lipinski definition) is 3. The van der Waals surface area contributed by atoms with Crippen LogP contribution in [0.4, 0.5) is 11.4 Å². The van der Waals surface area contributed by atoms with Crippen LogP contribution in [0.1, 0.15) is 22.5 Å². The van der Waals surface area contributed by atoms with Crippen LogP contribution in [0.25, 0.3) is 0 Å². The third-order valence-electron chi connectivity index (χ3n) is 3.95. The van der Waals surface area contributed by atoms with E-state index in [0.717, 1.165) is 5.69 Å². The predicted molar refractivity (Wildman–Crippen MR) is 87.5 cm³/mol. The first-order chi connectivity index (χ1) is 11.5. The van der Waals surface area contributed by atoms with Crippen molar-refractivity contribution < 1.29 is 14.4 Å². The molecule has 0 saturated heterocycles. The maximum atomic E-state index is 12.3. The summed E-state index contributed by atoms with van der Waals surface area (Å²) in [5.41, 5.74) is 2.18. The Morgan fingerprint density at radius 3 is 2.79 bits per heavy atom. The third kappa shape index (κ3) is 2.98. The van der Waals surface area contributed by atoms with E-state index in [2.05, 4.69) is 21.0 Å². The van der Waals surface area contributed by atoms with Gasteiger partial charge < -0.3 is 16.0 Å². The second kappa shape index (κ2) is 6.15. The van der Waals surface area contributed by atoms with Crippen LogP contribution in [0.15, 0.2) is 30.5 Å². The molecule has 0 saturated carbocycles. The van der Waals surface area contributed by atoms with E-state index >= 15 is 0 Å². The highest BCUT2D eigenvalue weighted by atomic mass is 16.2. The summed E-state index contributed by atoms with van der Waals surface area (Å²) in [5.74, 6) is -1.19. The monoisotopic (exact) mass is 327 g/mol. The molecule has 0 spiro atoms. The van der Waals surface area contributed by atoms with Gasteiger partial charge in [0.05, 0.1) is 35.2 Å². The Hall–Kier alpha value is -3.16. The van der Waals surface area contributed by atoms with E-state index in [0.29, 0.717) is 16.9 Å². The van der Waals surface area contributed by atoms with Gasteiger partial charge in [-0.3, -0.25) is 19.1 Å². The Morgan fingerprint density at radius 2 is 2.08 bits per heavy atom. The number of aryl methyl sites for hydroxylation is 1. The number of hydrogen-bond acceptors (Lipinski definition) is 4. The zero-order chi connectivity index (χ0) is 17.3. The normalized spacial score (nSPS) is 16.7. The van der Waals surface area contributed by atoms with Gasteiger partial charge in [-0.15, -0.1) is 0 Å². The number of anilines is 2. The van der Waals surface area contributed by atoms with Gasteiger partial charge >= 0.3 is 0 Å². The highest BCUT2D eigenvalue weighted by Gasteiger charge is 2.29. The van der Waals surface area contributed by atoms with Gasteiger partial charge in [0.25, 0.3) is 5.91 Å². The third-order valence-corrected chi connectivity index (χ3v) is 3.95. The molecule has 8 nitrogen and oxygen atoms in total. The molecule has 2 aromatic rings.